The highest BCUT2D eigenvalue weighted by Gasteiger charge is 2.80. The molecule has 248 valence electrons. The van der Waals surface area contributed by atoms with Gasteiger partial charge in [-0.15, -0.1) is 6.58 Å². The summed E-state index contributed by atoms with van der Waals surface area (Å²) in [6.45, 7) is 10.1. The lowest BCUT2D eigenvalue weighted by molar-refractivity contribution is -0.190. The van der Waals surface area contributed by atoms with Gasteiger partial charge in [0.2, 0.25) is 0 Å². The monoisotopic (exact) mass is 641 g/mol. The first-order valence-electron chi connectivity index (χ1n) is 16.4. The Hall–Kier alpha value is -4.15. The molecule has 4 fully saturated rings. The summed E-state index contributed by atoms with van der Waals surface area (Å²) in [6, 6.07) is 14.1. The van der Waals surface area contributed by atoms with E-state index in [9.17, 15) is 19.8 Å². The first-order chi connectivity index (χ1) is 22.4. The number of aliphatic hydroxyl groups excluding tert-OH is 1. The Morgan fingerprint density at radius 2 is 1.98 bits per heavy atom. The van der Waals surface area contributed by atoms with E-state index in [0.717, 1.165) is 28.5 Å². The number of rotatable bonds is 7. The molecule has 47 heavy (non-hydrogen) atoms. The summed E-state index contributed by atoms with van der Waals surface area (Å²) < 4.78 is 17.5. The highest BCUT2D eigenvalue weighted by atomic mass is 16.6. The number of methoxy groups -OCH3 is 1. The summed E-state index contributed by atoms with van der Waals surface area (Å²) in [5.41, 5.74) is 1.49. The largest absolute Gasteiger partial charge is 0.508 e. The minimum atomic E-state index is -0.846. The zero-order valence-corrected chi connectivity index (χ0v) is 27.3. The second-order valence-electron chi connectivity index (χ2n) is 14.4. The minimum absolute atomic E-state index is 0.121. The predicted octanol–water partition coefficient (Wildman–Crippen LogP) is 5.54. The molecule has 4 unspecified atom stereocenters. The van der Waals surface area contributed by atoms with E-state index in [1.54, 1.807) is 36.4 Å². The Kier molecular flexibility index (Phi) is 7.71. The number of phenolic OH excluding ortho intramolecular Hbond substituents is 1. The van der Waals surface area contributed by atoms with Crippen molar-refractivity contribution in [3.8, 4) is 11.5 Å². The quantitative estimate of drug-likeness (QED) is 0.253. The molecule has 10 nitrogen and oxygen atoms in total. The predicted molar refractivity (Wildman–Crippen MR) is 175 cm³/mol. The first kappa shape index (κ1) is 31.4. The summed E-state index contributed by atoms with van der Waals surface area (Å²) in [5, 5.41) is 22.9. The molecule has 0 bridgehead atoms. The Labute approximate surface area is 274 Å². The number of benzene rings is 2. The van der Waals surface area contributed by atoms with Crippen LogP contribution in [0.4, 0.5) is 4.79 Å². The number of carbonyl (C=O) groups is 2. The maximum absolute atomic E-state index is 14.2. The number of fused-ring (bicyclic) bond motifs is 1. The number of pyridine rings is 1. The van der Waals surface area contributed by atoms with Crippen molar-refractivity contribution in [1.82, 2.24) is 14.8 Å². The van der Waals surface area contributed by atoms with Crippen molar-refractivity contribution < 1.29 is 34.0 Å². The smallest absolute Gasteiger partial charge is 0.410 e. The van der Waals surface area contributed by atoms with Gasteiger partial charge in [-0.05, 0) is 87.1 Å². The molecule has 2 N–H and O–H groups in total. The number of phenols is 1. The number of nitrogens with zero attached hydrogens (tertiary/aromatic N) is 3. The van der Waals surface area contributed by atoms with Crippen LogP contribution in [-0.2, 0) is 14.3 Å². The van der Waals surface area contributed by atoms with Crippen LogP contribution >= 0.6 is 0 Å². The molecule has 1 saturated carbocycles. The number of likely N-dealkylation sites (tertiary alicyclic amines) is 1. The normalized spacial score (nSPS) is 30.4. The fraction of sp³-hybridized carbons (Fsp3) is 0.486. The molecule has 1 amide bonds. The molecule has 10 heteroatoms. The van der Waals surface area contributed by atoms with Crippen LogP contribution in [0, 0.1) is 17.8 Å². The maximum atomic E-state index is 14.2. The van der Waals surface area contributed by atoms with Gasteiger partial charge in [0.1, 0.15) is 17.1 Å². The van der Waals surface area contributed by atoms with Crippen molar-refractivity contribution in [2.45, 2.75) is 75.5 Å². The molecule has 4 heterocycles. The number of hydrogen-bond donors (Lipinski definition) is 2. The molecule has 2 aromatic carbocycles. The van der Waals surface area contributed by atoms with Crippen molar-refractivity contribution in [2.75, 3.05) is 20.2 Å². The second kappa shape index (κ2) is 11.5. The highest BCUT2D eigenvalue weighted by molar-refractivity contribution is 5.84. The molecule has 3 aliphatic heterocycles. The van der Waals surface area contributed by atoms with E-state index in [0.29, 0.717) is 31.1 Å². The molecular weight excluding hydrogens is 598 g/mol. The van der Waals surface area contributed by atoms with Gasteiger partial charge in [-0.2, -0.15) is 0 Å². The lowest BCUT2D eigenvalue weighted by atomic mass is 9.80. The Bertz CT molecular complexity index is 1720. The number of piperidine rings is 2. The molecule has 8 atom stereocenters. The zero-order chi connectivity index (χ0) is 33.2. The molecule has 1 spiro atoms. The van der Waals surface area contributed by atoms with Gasteiger partial charge in [0.05, 0.1) is 24.6 Å². The third kappa shape index (κ3) is 5.31. The van der Waals surface area contributed by atoms with E-state index < -0.39 is 35.9 Å². The summed E-state index contributed by atoms with van der Waals surface area (Å²) in [6.07, 6.45) is 3.78. The van der Waals surface area contributed by atoms with Crippen molar-refractivity contribution >= 4 is 23.0 Å². The van der Waals surface area contributed by atoms with Crippen LogP contribution in [0.2, 0.25) is 0 Å². The number of esters is 1. The Balaban J connectivity index is 1.15. The Morgan fingerprint density at radius 1 is 1.17 bits per heavy atom. The van der Waals surface area contributed by atoms with Crippen molar-refractivity contribution in [1.29, 1.82) is 0 Å². The SMILES string of the molecule is C=C[C@@H]1C2CC(OC(=O)[C@H]3CN(C(=O)OC(C)(C)C)CC[C@@H]3c3cccc(O)c3)N3C([C@H](O)c4ccnc5ccc(OC)cc45)CC213. The lowest BCUT2D eigenvalue weighted by Gasteiger charge is -2.53. The summed E-state index contributed by atoms with van der Waals surface area (Å²) in [4.78, 5) is 35.6. The minimum Gasteiger partial charge on any atom is -0.508 e. The number of hydrogen-bond acceptors (Lipinski definition) is 9. The summed E-state index contributed by atoms with van der Waals surface area (Å²) in [7, 11) is 1.61. The molecule has 7 rings (SSSR count). The zero-order valence-electron chi connectivity index (χ0n) is 27.3. The fourth-order valence-corrected chi connectivity index (χ4v) is 8.62. The lowest BCUT2D eigenvalue weighted by Crippen LogP contribution is -2.63. The Morgan fingerprint density at radius 3 is 2.70 bits per heavy atom. The molecule has 4 aliphatic rings. The average Bonchev–Trinajstić information content (AvgIpc) is 3.62. The molecule has 3 aromatic rings. The van der Waals surface area contributed by atoms with Crippen LogP contribution < -0.4 is 4.74 Å². The topological polar surface area (TPSA) is 122 Å². The van der Waals surface area contributed by atoms with E-state index in [2.05, 4.69) is 16.5 Å². The number of amides is 1. The third-order valence-electron chi connectivity index (χ3n) is 10.7. The number of aliphatic hydroxyl groups is 1. The molecule has 1 aromatic heterocycles. The van der Waals surface area contributed by atoms with E-state index in [1.165, 1.54) is 0 Å². The third-order valence-corrected chi connectivity index (χ3v) is 10.7. The van der Waals surface area contributed by atoms with Crippen LogP contribution in [0.25, 0.3) is 10.9 Å². The van der Waals surface area contributed by atoms with Gasteiger partial charge in [0.15, 0.2) is 6.23 Å². The van der Waals surface area contributed by atoms with Gasteiger partial charge in [-0.25, -0.2) is 4.79 Å². The van der Waals surface area contributed by atoms with Gasteiger partial charge in [-0.1, -0.05) is 18.2 Å². The molecule has 3 saturated heterocycles. The number of aromatic nitrogens is 1. The van der Waals surface area contributed by atoms with Gasteiger partial charge in [0, 0.05) is 54.5 Å². The average molecular weight is 642 g/mol. The van der Waals surface area contributed by atoms with Crippen molar-refractivity contribution in [2.24, 2.45) is 17.8 Å². The summed E-state index contributed by atoms with van der Waals surface area (Å²) >= 11 is 0. The van der Waals surface area contributed by atoms with E-state index in [4.69, 9.17) is 14.2 Å². The number of ether oxygens (including phenoxy) is 3. The number of carbonyl (C=O) groups excluding carboxylic acids is 2. The van der Waals surface area contributed by atoms with Crippen LogP contribution in [0.15, 0.2) is 67.4 Å². The van der Waals surface area contributed by atoms with Crippen LogP contribution in [0.3, 0.4) is 0 Å². The van der Waals surface area contributed by atoms with Gasteiger partial charge < -0.3 is 29.3 Å². The van der Waals surface area contributed by atoms with Gasteiger partial charge >= 0.3 is 12.1 Å². The van der Waals surface area contributed by atoms with E-state index in [-0.39, 0.29) is 35.7 Å². The van der Waals surface area contributed by atoms with E-state index in [1.807, 2.05) is 57.2 Å². The number of aromatic hydroxyl groups is 1. The van der Waals surface area contributed by atoms with Crippen molar-refractivity contribution in [3.05, 3.63) is 78.5 Å². The molecule has 0 radical (unpaired) electrons. The molecular formula is C37H43N3O7. The first-order valence-corrected chi connectivity index (χ1v) is 16.4. The van der Waals surface area contributed by atoms with Crippen LogP contribution in [0.1, 0.15) is 63.2 Å². The maximum Gasteiger partial charge on any atom is 0.410 e. The second-order valence-corrected chi connectivity index (χ2v) is 14.4. The summed E-state index contributed by atoms with van der Waals surface area (Å²) in [5.74, 6) is 0.0470. The highest BCUT2D eigenvalue weighted by Crippen LogP contribution is 2.73. The van der Waals surface area contributed by atoms with Crippen LogP contribution in [0.5, 0.6) is 11.5 Å². The van der Waals surface area contributed by atoms with E-state index >= 15 is 0 Å². The van der Waals surface area contributed by atoms with Crippen LogP contribution in [-0.4, -0.2) is 80.7 Å². The molecule has 1 aliphatic carbocycles. The van der Waals surface area contributed by atoms with Gasteiger partial charge in [-0.3, -0.25) is 14.7 Å². The van der Waals surface area contributed by atoms with Gasteiger partial charge in [0.25, 0.3) is 0 Å². The fourth-order valence-electron chi connectivity index (χ4n) is 8.62. The standard InChI is InChI=1S/C37H43N3O7/c1-6-28-29-18-32(40-31(19-37(28,29)40)33(42)25-12-14-38-30-11-10-23(45-5)17-26(25)30)46-34(43)27-20-39(35(44)47-36(2,3)4)15-13-24(27)21-8-7-9-22(41)16-21/h6-12,14,16-17,24,27-29,31-33,41-42H,1,13,15,18-20H2,2-5H3/t24-,27+,28-,29?,31?,32?,33-,37?/m1/s1. The van der Waals surface area contributed by atoms with Crippen molar-refractivity contribution in [3.63, 3.8) is 0 Å².